The number of hydrogen-bond acceptors (Lipinski definition) is 1. The van der Waals surface area contributed by atoms with Gasteiger partial charge in [0, 0.05) is 11.1 Å². The summed E-state index contributed by atoms with van der Waals surface area (Å²) in [5.74, 6) is -23.6. The maximum atomic E-state index is 14.7. The minimum absolute atomic E-state index is 0.112. The Morgan fingerprint density at radius 3 is 1.22 bits per heavy atom. The first-order valence-corrected chi connectivity index (χ1v) is 11.2. The predicted octanol–water partition coefficient (Wildman–Crippen LogP) is 5.50. The lowest BCUT2D eigenvalue weighted by atomic mass is 9.50. The Morgan fingerprint density at radius 2 is 0.889 bits per heavy atom. The van der Waals surface area contributed by atoms with E-state index in [0.717, 1.165) is 25.2 Å². The van der Waals surface area contributed by atoms with Gasteiger partial charge in [-0.3, -0.25) is 10.9 Å². The summed E-state index contributed by atoms with van der Waals surface area (Å²) < 4.78 is 142. The van der Waals surface area contributed by atoms with Gasteiger partial charge in [-0.25, -0.2) is 43.9 Å². The minimum Gasteiger partial charge on any atom is -0.293 e. The van der Waals surface area contributed by atoms with Crippen molar-refractivity contribution >= 4 is 23.2 Å². The van der Waals surface area contributed by atoms with Crippen molar-refractivity contribution < 1.29 is 43.9 Å². The number of benzene rings is 2. The molecule has 1 saturated heterocycles. The zero-order valence-electron chi connectivity index (χ0n) is 19.9. The molecule has 0 atom stereocenters. The molecule has 1 aliphatic rings. The van der Waals surface area contributed by atoms with Crippen LogP contribution in [0.25, 0.3) is 0 Å². The Hall–Kier alpha value is -2.37. The number of piperidine rings is 1. The molecule has 0 unspecified atom stereocenters. The maximum Gasteiger partial charge on any atom is 0.200 e. The molecule has 0 aliphatic carbocycles. The summed E-state index contributed by atoms with van der Waals surface area (Å²) in [5.41, 5.74) is -4.18. The van der Waals surface area contributed by atoms with Crippen LogP contribution < -0.4 is 10.9 Å². The molecule has 12 heteroatoms. The van der Waals surface area contributed by atoms with Gasteiger partial charge < -0.3 is 0 Å². The zero-order valence-corrected chi connectivity index (χ0v) is 19.9. The van der Waals surface area contributed by atoms with E-state index in [9.17, 15) is 43.9 Å². The molecule has 1 nitrogen and oxygen atoms in total. The summed E-state index contributed by atoms with van der Waals surface area (Å²) in [4.78, 5) is 2.01. The highest BCUT2D eigenvalue weighted by atomic mass is 19.2. The Bertz CT molecular complexity index is 1090. The summed E-state index contributed by atoms with van der Waals surface area (Å²) in [6.45, 7) is 7.83. The van der Waals surface area contributed by atoms with Crippen LogP contribution in [0.1, 0.15) is 53.4 Å². The van der Waals surface area contributed by atoms with Crippen molar-refractivity contribution in [2.45, 2.75) is 64.5 Å². The molecule has 0 saturated carbocycles. The number of hydrogen-bond donors (Lipinski definition) is 0. The third kappa shape index (κ3) is 4.68. The summed E-state index contributed by atoms with van der Waals surface area (Å²) in [6, 6.07) is 0. The Balaban J connectivity index is 2.25. The van der Waals surface area contributed by atoms with Crippen LogP contribution in [-0.2, 0) is 0 Å². The van der Waals surface area contributed by atoms with E-state index in [1.54, 1.807) is 0 Å². The van der Waals surface area contributed by atoms with E-state index in [-0.39, 0.29) is 24.0 Å². The Kier molecular flexibility index (Phi) is 7.70. The molecule has 0 bridgehead atoms. The quantitative estimate of drug-likeness (QED) is 0.215. The molecular weight excluding hydrogens is 503 g/mol. The molecule has 0 spiro atoms. The lowest BCUT2D eigenvalue weighted by Gasteiger charge is -2.53. The van der Waals surface area contributed by atoms with Gasteiger partial charge in [-0.1, -0.05) is 12.8 Å². The van der Waals surface area contributed by atoms with Crippen molar-refractivity contribution in [2.24, 2.45) is 0 Å². The van der Waals surface area contributed by atoms with Crippen molar-refractivity contribution in [1.82, 2.24) is 4.90 Å². The van der Waals surface area contributed by atoms with Crippen LogP contribution >= 0.6 is 0 Å². The molecular formula is C24H23BF10N-. The van der Waals surface area contributed by atoms with E-state index in [1.165, 1.54) is 0 Å². The normalized spacial score (nSPS) is 17.4. The van der Waals surface area contributed by atoms with Gasteiger partial charge in [0.25, 0.3) is 0 Å². The van der Waals surface area contributed by atoms with E-state index < -0.39 is 75.5 Å². The number of halogens is 10. The van der Waals surface area contributed by atoms with Crippen LogP contribution in [0.3, 0.4) is 0 Å². The number of rotatable bonds is 5. The van der Waals surface area contributed by atoms with E-state index in [4.69, 9.17) is 0 Å². The molecule has 0 amide bonds. The van der Waals surface area contributed by atoms with Crippen molar-refractivity contribution in [3.8, 4) is 0 Å². The van der Waals surface area contributed by atoms with Gasteiger partial charge in [0.05, 0.1) is 0 Å². The number of nitrogens with zero attached hydrogens (tertiary/aromatic N) is 1. The van der Waals surface area contributed by atoms with Gasteiger partial charge >= 0.3 is 0 Å². The first kappa shape index (κ1) is 28.2. The van der Waals surface area contributed by atoms with Crippen LogP contribution in [0, 0.1) is 58.2 Å². The third-order valence-corrected chi connectivity index (χ3v) is 6.90. The standard InChI is InChI=1S/C24H23BF10N/c1-23(2)7-5-8-24(3,4)36(23)10-6-9-25(11-13(26)17(30)21(34)18(31)14(11)27)12-15(28)19(32)22(35)20(33)16(12)29/h9H,5-8,10H2,1-4H3/q-1. The molecule has 0 aromatic heterocycles. The zero-order chi connectivity index (χ0) is 27.3. The Labute approximate surface area is 201 Å². The molecule has 1 aliphatic heterocycles. The van der Waals surface area contributed by atoms with Crippen molar-refractivity contribution in [2.75, 3.05) is 6.54 Å². The monoisotopic (exact) mass is 526 g/mol. The van der Waals surface area contributed by atoms with E-state index in [2.05, 4.69) is 0 Å². The molecule has 36 heavy (non-hydrogen) atoms. The van der Waals surface area contributed by atoms with Crippen molar-refractivity contribution in [3.05, 3.63) is 58.2 Å². The highest BCUT2D eigenvalue weighted by Gasteiger charge is 2.40. The van der Waals surface area contributed by atoms with Gasteiger partial charge in [0.2, 0.25) is 0 Å². The van der Waals surface area contributed by atoms with E-state index >= 15 is 0 Å². The van der Waals surface area contributed by atoms with Crippen LogP contribution in [0.2, 0.25) is 0 Å². The second-order valence-electron chi connectivity index (χ2n) is 10.1. The second-order valence-corrected chi connectivity index (χ2v) is 10.1. The SMILES string of the molecule is CC1(C)CCCC(C)(C)N1CCC=[B-](c1c(F)c(F)c(F)c(F)c1F)c1c(F)c(F)c(F)c(F)c1F. The highest BCUT2D eigenvalue weighted by molar-refractivity contribution is 6.89. The second kappa shape index (κ2) is 9.83. The van der Waals surface area contributed by atoms with Crippen molar-refractivity contribution in [1.29, 1.82) is 0 Å². The van der Waals surface area contributed by atoms with Gasteiger partial charge in [-0.2, -0.15) is 0 Å². The fourth-order valence-corrected chi connectivity index (χ4v) is 5.19. The highest BCUT2D eigenvalue weighted by Crippen LogP contribution is 2.38. The lowest BCUT2D eigenvalue weighted by molar-refractivity contribution is -0.0239. The predicted molar refractivity (Wildman–Crippen MR) is 117 cm³/mol. The molecule has 0 N–H and O–H groups in total. The molecule has 198 valence electrons. The molecule has 0 radical (unpaired) electrons. The molecule has 2 aromatic carbocycles. The Morgan fingerprint density at radius 1 is 0.583 bits per heavy atom. The summed E-state index contributed by atoms with van der Waals surface area (Å²) in [7, 11) is 0. The molecule has 1 heterocycles. The van der Waals surface area contributed by atoms with Crippen LogP contribution in [0.5, 0.6) is 0 Å². The van der Waals surface area contributed by atoms with Crippen LogP contribution in [-0.4, -0.2) is 34.8 Å². The van der Waals surface area contributed by atoms with Gasteiger partial charge in [-0.05, 0) is 53.5 Å². The van der Waals surface area contributed by atoms with Crippen molar-refractivity contribution in [3.63, 3.8) is 0 Å². The molecule has 3 rings (SSSR count). The summed E-state index contributed by atoms with van der Waals surface area (Å²) in [5, 5.41) is 0. The smallest absolute Gasteiger partial charge is 0.200 e. The third-order valence-electron chi connectivity index (χ3n) is 6.90. The summed E-state index contributed by atoms with van der Waals surface area (Å²) >= 11 is 0. The summed E-state index contributed by atoms with van der Waals surface area (Å²) in [6.07, 6.45) is -0.270. The molecule has 1 fully saturated rings. The average Bonchev–Trinajstić information content (AvgIpc) is 2.80. The molecule has 2 aromatic rings. The largest absolute Gasteiger partial charge is 0.293 e. The van der Waals surface area contributed by atoms with Gasteiger partial charge in [0.15, 0.2) is 34.9 Å². The number of likely N-dealkylation sites (tertiary alicyclic amines) is 1. The minimum atomic E-state index is -2.53. The first-order valence-electron chi connectivity index (χ1n) is 11.2. The topological polar surface area (TPSA) is 3.24 Å². The average molecular weight is 526 g/mol. The van der Waals surface area contributed by atoms with Crippen LogP contribution in [0.15, 0.2) is 0 Å². The lowest BCUT2D eigenvalue weighted by Crippen LogP contribution is -2.58. The van der Waals surface area contributed by atoms with Gasteiger partial charge in [-0.15, -0.1) is 10.9 Å². The fourth-order valence-electron chi connectivity index (χ4n) is 5.19. The first-order chi connectivity index (χ1) is 16.5. The van der Waals surface area contributed by atoms with E-state index in [1.807, 2.05) is 32.6 Å². The maximum absolute atomic E-state index is 14.7. The van der Waals surface area contributed by atoms with E-state index in [0.29, 0.717) is 0 Å². The fraction of sp³-hybridized carbons (Fsp3) is 0.458. The van der Waals surface area contributed by atoms with Gasteiger partial charge in [0.1, 0.15) is 23.3 Å². The van der Waals surface area contributed by atoms with Crippen LogP contribution in [0.4, 0.5) is 43.9 Å².